The van der Waals surface area contributed by atoms with Crippen molar-refractivity contribution in [2.75, 3.05) is 24.5 Å². The first-order chi connectivity index (χ1) is 18.5. The van der Waals surface area contributed by atoms with Gasteiger partial charge in [-0.05, 0) is 50.3 Å². The van der Waals surface area contributed by atoms with Gasteiger partial charge in [0.05, 0.1) is 10.5 Å². The molecule has 0 aliphatic carbocycles. The molecule has 8 heteroatoms. The lowest BCUT2D eigenvalue weighted by Crippen LogP contribution is -2.34. The Bertz CT molecular complexity index is 1220. The number of pyridine rings is 1. The second-order valence-corrected chi connectivity index (χ2v) is 12.3. The molecule has 2 saturated heterocycles. The van der Waals surface area contributed by atoms with E-state index in [1.54, 1.807) is 21.6 Å². The molecule has 4 rings (SSSR count). The van der Waals surface area contributed by atoms with Gasteiger partial charge in [0, 0.05) is 25.8 Å². The maximum atomic E-state index is 13.7. The number of amides is 1. The molecule has 0 bridgehead atoms. The minimum absolute atomic E-state index is 0.0887. The molecule has 0 aromatic carbocycles. The molecule has 38 heavy (non-hydrogen) atoms. The topological polar surface area (TPSA) is 57.9 Å². The molecule has 2 aliphatic rings. The summed E-state index contributed by atoms with van der Waals surface area (Å²) >= 11 is 6.89. The summed E-state index contributed by atoms with van der Waals surface area (Å²) in [6.45, 7) is 6.61. The first-order valence-corrected chi connectivity index (χ1v) is 15.8. The fourth-order valence-corrected chi connectivity index (χ4v) is 6.65. The van der Waals surface area contributed by atoms with Gasteiger partial charge in [0.1, 0.15) is 15.8 Å². The monoisotopic (exact) mass is 554 g/mol. The van der Waals surface area contributed by atoms with Gasteiger partial charge < -0.3 is 4.90 Å². The van der Waals surface area contributed by atoms with Crippen LogP contribution in [0.4, 0.5) is 5.82 Å². The molecular weight excluding hydrogens is 512 g/mol. The number of piperidine rings is 1. The largest absolute Gasteiger partial charge is 0.356 e. The lowest BCUT2D eigenvalue weighted by molar-refractivity contribution is -0.122. The molecule has 1 amide bonds. The smallest absolute Gasteiger partial charge is 0.267 e. The second-order valence-electron chi connectivity index (χ2n) is 10.6. The zero-order chi connectivity index (χ0) is 26.9. The van der Waals surface area contributed by atoms with Crippen LogP contribution in [0.25, 0.3) is 11.7 Å². The third kappa shape index (κ3) is 7.06. The van der Waals surface area contributed by atoms with Gasteiger partial charge in [-0.2, -0.15) is 0 Å². The van der Waals surface area contributed by atoms with Crippen molar-refractivity contribution in [2.24, 2.45) is 0 Å². The number of rotatable bonds is 13. The molecule has 2 aliphatic heterocycles. The maximum Gasteiger partial charge on any atom is 0.267 e. The van der Waals surface area contributed by atoms with E-state index in [0.29, 0.717) is 32.8 Å². The number of carbonyl (C=O) groups is 1. The standard InChI is InChI=1S/C30H42N4O2S2/c1-3-4-5-6-7-8-9-10-11-15-20-34-29(36)25(38-30(34)37)22-24-27(32-18-13-12-14-19-32)31-26-23(2)17-16-21-33(26)28(24)35/h16-17,21-22H,3-15,18-20H2,1-2H3. The number of nitrogens with zero attached hydrogens (tertiary/aromatic N) is 4. The molecule has 0 spiro atoms. The van der Waals surface area contributed by atoms with E-state index in [0.717, 1.165) is 44.3 Å². The van der Waals surface area contributed by atoms with E-state index in [4.69, 9.17) is 17.2 Å². The van der Waals surface area contributed by atoms with E-state index >= 15 is 0 Å². The molecule has 2 aromatic heterocycles. The van der Waals surface area contributed by atoms with Gasteiger partial charge in [-0.3, -0.25) is 18.9 Å². The predicted molar refractivity (Wildman–Crippen MR) is 164 cm³/mol. The maximum absolute atomic E-state index is 13.7. The molecule has 2 fully saturated rings. The minimum Gasteiger partial charge on any atom is -0.356 e. The highest BCUT2D eigenvalue weighted by molar-refractivity contribution is 8.26. The Morgan fingerprint density at radius 2 is 1.63 bits per heavy atom. The predicted octanol–water partition coefficient (Wildman–Crippen LogP) is 7.12. The van der Waals surface area contributed by atoms with Crippen molar-refractivity contribution in [2.45, 2.75) is 97.3 Å². The lowest BCUT2D eigenvalue weighted by atomic mass is 10.1. The van der Waals surface area contributed by atoms with E-state index in [-0.39, 0.29) is 11.5 Å². The summed E-state index contributed by atoms with van der Waals surface area (Å²) in [5.74, 6) is 0.596. The Balaban J connectivity index is 1.43. The molecule has 0 atom stereocenters. The Hall–Kier alpha value is -2.19. The van der Waals surface area contributed by atoms with Crippen LogP contribution in [-0.4, -0.2) is 44.1 Å². The molecule has 0 N–H and O–H groups in total. The van der Waals surface area contributed by atoms with Gasteiger partial charge in [-0.25, -0.2) is 4.98 Å². The van der Waals surface area contributed by atoms with Crippen molar-refractivity contribution in [3.8, 4) is 0 Å². The van der Waals surface area contributed by atoms with Crippen LogP contribution in [0.15, 0.2) is 28.0 Å². The molecule has 0 radical (unpaired) electrons. The SMILES string of the molecule is CCCCCCCCCCCCN1C(=O)C(=Cc2c(N3CCCCC3)nc3c(C)cccn3c2=O)SC1=S. The summed E-state index contributed by atoms with van der Waals surface area (Å²) in [6, 6.07) is 3.84. The number of unbranched alkanes of at least 4 members (excludes halogenated alkanes) is 9. The zero-order valence-corrected chi connectivity index (χ0v) is 24.7. The van der Waals surface area contributed by atoms with E-state index in [1.807, 2.05) is 19.1 Å². The Morgan fingerprint density at radius 1 is 0.974 bits per heavy atom. The molecule has 0 saturated carbocycles. The van der Waals surface area contributed by atoms with Crippen LogP contribution in [0.2, 0.25) is 0 Å². The minimum atomic E-state index is -0.140. The highest BCUT2D eigenvalue weighted by atomic mass is 32.2. The van der Waals surface area contributed by atoms with Crippen molar-refractivity contribution in [1.29, 1.82) is 0 Å². The number of thiocarbonyl (C=S) groups is 1. The number of carbonyl (C=O) groups excluding carboxylic acids is 1. The summed E-state index contributed by atoms with van der Waals surface area (Å²) in [6.07, 6.45) is 19.4. The van der Waals surface area contributed by atoms with E-state index in [1.165, 1.54) is 69.5 Å². The van der Waals surface area contributed by atoms with Crippen LogP contribution in [-0.2, 0) is 4.79 Å². The number of hydrogen-bond acceptors (Lipinski definition) is 6. The third-order valence-electron chi connectivity index (χ3n) is 7.60. The number of aryl methyl sites for hydroxylation is 1. The van der Waals surface area contributed by atoms with Crippen molar-refractivity contribution < 1.29 is 4.79 Å². The molecule has 4 heterocycles. The fourth-order valence-electron chi connectivity index (χ4n) is 5.35. The number of fused-ring (bicyclic) bond motifs is 1. The number of anilines is 1. The third-order valence-corrected chi connectivity index (χ3v) is 8.98. The number of thioether (sulfide) groups is 1. The van der Waals surface area contributed by atoms with Gasteiger partial charge in [-0.1, -0.05) is 94.8 Å². The van der Waals surface area contributed by atoms with Crippen LogP contribution in [0, 0.1) is 6.92 Å². The summed E-state index contributed by atoms with van der Waals surface area (Å²) < 4.78 is 2.18. The first-order valence-electron chi connectivity index (χ1n) is 14.5. The van der Waals surface area contributed by atoms with Crippen molar-refractivity contribution >= 4 is 51.7 Å². The zero-order valence-electron chi connectivity index (χ0n) is 23.0. The molecule has 206 valence electrons. The van der Waals surface area contributed by atoms with Gasteiger partial charge >= 0.3 is 0 Å². The highest BCUT2D eigenvalue weighted by Gasteiger charge is 2.32. The van der Waals surface area contributed by atoms with Crippen LogP contribution in [0.3, 0.4) is 0 Å². The first kappa shape index (κ1) is 28.8. The van der Waals surface area contributed by atoms with E-state index < -0.39 is 0 Å². The lowest BCUT2D eigenvalue weighted by Gasteiger charge is -2.29. The van der Waals surface area contributed by atoms with E-state index in [9.17, 15) is 9.59 Å². The average molecular weight is 555 g/mol. The van der Waals surface area contributed by atoms with Crippen molar-refractivity contribution in [3.63, 3.8) is 0 Å². The van der Waals surface area contributed by atoms with Crippen LogP contribution in [0.1, 0.15) is 102 Å². The molecular formula is C30H42N4O2S2. The number of aromatic nitrogens is 2. The summed E-state index contributed by atoms with van der Waals surface area (Å²) in [4.78, 5) is 36.4. The second kappa shape index (κ2) is 14.3. The summed E-state index contributed by atoms with van der Waals surface area (Å²) in [5, 5.41) is 0. The Kier molecular flexibility index (Phi) is 10.8. The quantitative estimate of drug-likeness (QED) is 0.149. The number of hydrogen-bond donors (Lipinski definition) is 0. The van der Waals surface area contributed by atoms with Crippen molar-refractivity contribution in [3.05, 3.63) is 44.7 Å². The fraction of sp³-hybridized carbons (Fsp3) is 0.600. The average Bonchev–Trinajstić information content (AvgIpc) is 3.19. The molecule has 0 unspecified atom stereocenters. The van der Waals surface area contributed by atoms with Gasteiger partial charge in [0.2, 0.25) is 0 Å². The summed E-state index contributed by atoms with van der Waals surface area (Å²) in [5.41, 5.74) is 1.97. The van der Waals surface area contributed by atoms with Crippen molar-refractivity contribution in [1.82, 2.24) is 14.3 Å². The van der Waals surface area contributed by atoms with Gasteiger partial charge in [0.25, 0.3) is 11.5 Å². The van der Waals surface area contributed by atoms with E-state index in [2.05, 4.69) is 11.8 Å². The van der Waals surface area contributed by atoms with Gasteiger partial charge in [-0.15, -0.1) is 0 Å². The van der Waals surface area contributed by atoms with Crippen LogP contribution in [0.5, 0.6) is 0 Å². The molecule has 6 nitrogen and oxygen atoms in total. The van der Waals surface area contributed by atoms with Crippen LogP contribution < -0.4 is 10.5 Å². The van der Waals surface area contributed by atoms with Gasteiger partial charge in [0.15, 0.2) is 0 Å². The highest BCUT2D eigenvalue weighted by Crippen LogP contribution is 2.34. The Labute approximate surface area is 236 Å². The summed E-state index contributed by atoms with van der Waals surface area (Å²) in [7, 11) is 0. The Morgan fingerprint density at radius 3 is 2.32 bits per heavy atom. The molecule has 2 aromatic rings. The normalized spacial score (nSPS) is 17.4. The van der Waals surface area contributed by atoms with Crippen LogP contribution >= 0.6 is 24.0 Å².